The van der Waals surface area contributed by atoms with Crippen molar-refractivity contribution in [2.24, 2.45) is 0 Å². The lowest BCUT2D eigenvalue weighted by Gasteiger charge is -2.01. The zero-order valence-electron chi connectivity index (χ0n) is 3.80. The number of aliphatic hydroxyl groups excluding tert-OH is 1. The molecule has 0 aromatic carbocycles. The second-order valence-corrected chi connectivity index (χ2v) is 2.13. The highest BCUT2D eigenvalue weighted by molar-refractivity contribution is 6.21. The first-order valence-corrected chi connectivity index (χ1v) is 2.68. The summed E-state index contributed by atoms with van der Waals surface area (Å²) in [5.74, 6) is 0. The van der Waals surface area contributed by atoms with Gasteiger partial charge in [0.2, 0.25) is 0 Å². The lowest BCUT2D eigenvalue weighted by molar-refractivity contribution is -0.0570. The molecule has 42 valence electrons. The zero-order chi connectivity index (χ0) is 5.28. The quantitative estimate of drug-likeness (QED) is 0.470. The van der Waals surface area contributed by atoms with Crippen LogP contribution in [0.1, 0.15) is 6.42 Å². The van der Waals surface area contributed by atoms with Crippen molar-refractivity contribution in [3.8, 4) is 0 Å². The van der Waals surface area contributed by atoms with Crippen LogP contribution in [0.3, 0.4) is 0 Å². The van der Waals surface area contributed by atoms with Crippen LogP contribution in [0.4, 0.5) is 0 Å². The Balaban J connectivity index is 2.33. The van der Waals surface area contributed by atoms with Gasteiger partial charge in [0.05, 0.1) is 12.0 Å². The third kappa shape index (κ3) is 1.06. The van der Waals surface area contributed by atoms with Gasteiger partial charge in [-0.1, -0.05) is 0 Å². The van der Waals surface area contributed by atoms with E-state index in [9.17, 15) is 0 Å². The Bertz CT molecular complexity index is 58.7. The van der Waals surface area contributed by atoms with E-state index in [0.717, 1.165) is 6.42 Å². The molecule has 1 rings (SSSR count). The molecule has 1 heterocycles. The van der Waals surface area contributed by atoms with E-state index in [1.165, 1.54) is 0 Å². The molecule has 0 aromatic heterocycles. The van der Waals surface area contributed by atoms with Gasteiger partial charge in [-0.2, -0.15) is 0 Å². The summed E-state index contributed by atoms with van der Waals surface area (Å²) in [6.45, 7) is 0.593. The molecule has 0 radical (unpaired) electrons. The van der Waals surface area contributed by atoms with Crippen LogP contribution in [-0.2, 0) is 4.74 Å². The maximum atomic E-state index is 8.64. The summed E-state index contributed by atoms with van der Waals surface area (Å²) in [4.78, 5) is 0. The SMILES string of the molecule is OC1OCCC1Cl. The Morgan fingerprint density at radius 1 is 1.71 bits per heavy atom. The van der Waals surface area contributed by atoms with Crippen molar-refractivity contribution < 1.29 is 9.84 Å². The van der Waals surface area contributed by atoms with Crippen LogP contribution in [0.25, 0.3) is 0 Å². The molecule has 1 N–H and O–H groups in total. The lowest BCUT2D eigenvalue weighted by atomic mass is 10.4. The van der Waals surface area contributed by atoms with Crippen LogP contribution in [0.15, 0.2) is 0 Å². The van der Waals surface area contributed by atoms with E-state index in [-0.39, 0.29) is 5.38 Å². The minimum atomic E-state index is -0.721. The van der Waals surface area contributed by atoms with E-state index in [1.807, 2.05) is 0 Å². The van der Waals surface area contributed by atoms with Gasteiger partial charge >= 0.3 is 0 Å². The smallest absolute Gasteiger partial charge is 0.171 e. The number of hydrogen-bond donors (Lipinski definition) is 1. The number of halogens is 1. The molecule has 0 aromatic rings. The van der Waals surface area contributed by atoms with E-state index < -0.39 is 6.29 Å². The molecule has 0 aliphatic carbocycles. The summed E-state index contributed by atoms with van der Waals surface area (Å²) in [7, 11) is 0. The van der Waals surface area contributed by atoms with Gasteiger partial charge in [0, 0.05) is 0 Å². The van der Waals surface area contributed by atoms with Gasteiger partial charge in [-0.25, -0.2) is 0 Å². The second-order valence-electron chi connectivity index (χ2n) is 1.57. The highest BCUT2D eigenvalue weighted by Crippen LogP contribution is 2.15. The van der Waals surface area contributed by atoms with Crippen molar-refractivity contribution in [2.45, 2.75) is 18.1 Å². The number of hydrogen-bond acceptors (Lipinski definition) is 2. The fraction of sp³-hybridized carbons (Fsp3) is 1.00. The van der Waals surface area contributed by atoms with Gasteiger partial charge < -0.3 is 9.84 Å². The topological polar surface area (TPSA) is 29.5 Å². The average molecular weight is 123 g/mol. The molecule has 1 aliphatic heterocycles. The molecule has 1 saturated heterocycles. The van der Waals surface area contributed by atoms with E-state index in [0.29, 0.717) is 6.61 Å². The highest BCUT2D eigenvalue weighted by atomic mass is 35.5. The van der Waals surface area contributed by atoms with Gasteiger partial charge in [-0.15, -0.1) is 11.6 Å². The van der Waals surface area contributed by atoms with Crippen molar-refractivity contribution in [3.63, 3.8) is 0 Å². The zero-order valence-corrected chi connectivity index (χ0v) is 4.56. The Kier molecular flexibility index (Phi) is 1.52. The van der Waals surface area contributed by atoms with Crippen LogP contribution in [0, 0.1) is 0 Å². The Hall–Kier alpha value is 0.210. The Labute approximate surface area is 47.0 Å². The largest absolute Gasteiger partial charge is 0.367 e. The van der Waals surface area contributed by atoms with Crippen LogP contribution < -0.4 is 0 Å². The predicted molar refractivity (Wildman–Crippen MR) is 26.2 cm³/mol. The predicted octanol–water partition coefficient (Wildman–Crippen LogP) is 0.333. The molecule has 1 aliphatic rings. The van der Waals surface area contributed by atoms with Gasteiger partial charge in [0.25, 0.3) is 0 Å². The van der Waals surface area contributed by atoms with Crippen molar-refractivity contribution >= 4 is 11.6 Å². The van der Waals surface area contributed by atoms with Crippen LogP contribution in [0.5, 0.6) is 0 Å². The van der Waals surface area contributed by atoms with Gasteiger partial charge in [0.1, 0.15) is 0 Å². The van der Waals surface area contributed by atoms with E-state index in [2.05, 4.69) is 4.74 Å². The molecule has 0 bridgehead atoms. The Morgan fingerprint density at radius 3 is 2.57 bits per heavy atom. The lowest BCUT2D eigenvalue weighted by Crippen LogP contribution is -2.13. The van der Waals surface area contributed by atoms with E-state index >= 15 is 0 Å². The summed E-state index contributed by atoms with van der Waals surface area (Å²) in [6, 6.07) is 0. The molecule has 3 heteroatoms. The molecular formula is C4H7ClO2. The molecule has 7 heavy (non-hydrogen) atoms. The molecule has 2 unspecified atom stereocenters. The minimum absolute atomic E-state index is 0.181. The van der Waals surface area contributed by atoms with Crippen molar-refractivity contribution in [3.05, 3.63) is 0 Å². The molecule has 1 fully saturated rings. The van der Waals surface area contributed by atoms with E-state index in [1.54, 1.807) is 0 Å². The van der Waals surface area contributed by atoms with Gasteiger partial charge in [-0.3, -0.25) is 0 Å². The molecule has 0 amide bonds. The summed E-state index contributed by atoms with van der Waals surface area (Å²) < 4.78 is 4.69. The summed E-state index contributed by atoms with van der Waals surface area (Å²) in [5.41, 5.74) is 0. The number of aliphatic hydroxyl groups is 1. The maximum Gasteiger partial charge on any atom is 0.171 e. The normalized spacial score (nSPS) is 42.0. The van der Waals surface area contributed by atoms with E-state index in [4.69, 9.17) is 16.7 Å². The van der Waals surface area contributed by atoms with Crippen LogP contribution >= 0.6 is 11.6 Å². The van der Waals surface area contributed by atoms with Gasteiger partial charge in [0.15, 0.2) is 6.29 Å². The summed E-state index contributed by atoms with van der Waals surface area (Å²) >= 11 is 5.49. The highest BCUT2D eigenvalue weighted by Gasteiger charge is 2.22. The fourth-order valence-electron chi connectivity index (χ4n) is 0.548. The standard InChI is InChI=1S/C4H7ClO2/c5-3-1-2-7-4(3)6/h3-4,6H,1-2H2. The number of rotatable bonds is 0. The minimum Gasteiger partial charge on any atom is -0.367 e. The Morgan fingerprint density at radius 2 is 2.43 bits per heavy atom. The first-order valence-electron chi connectivity index (χ1n) is 2.24. The summed E-state index contributed by atoms with van der Waals surface area (Å²) in [5, 5.41) is 8.46. The van der Waals surface area contributed by atoms with Gasteiger partial charge in [-0.05, 0) is 6.42 Å². The maximum absolute atomic E-state index is 8.64. The molecule has 0 saturated carbocycles. The third-order valence-corrected chi connectivity index (χ3v) is 1.43. The van der Waals surface area contributed by atoms with Crippen LogP contribution in [-0.4, -0.2) is 23.4 Å². The summed E-state index contributed by atoms with van der Waals surface area (Å²) in [6.07, 6.45) is 0.0459. The third-order valence-electron chi connectivity index (χ3n) is 0.992. The average Bonchev–Trinajstić information content (AvgIpc) is 1.91. The first-order chi connectivity index (χ1) is 3.30. The molecule has 2 nitrogen and oxygen atoms in total. The molecule has 0 spiro atoms. The molecule has 2 atom stereocenters. The second kappa shape index (κ2) is 1.99. The fourth-order valence-corrected chi connectivity index (χ4v) is 0.710. The number of ether oxygens (including phenoxy) is 1. The first kappa shape index (κ1) is 5.35. The van der Waals surface area contributed by atoms with Crippen molar-refractivity contribution in [1.82, 2.24) is 0 Å². The monoisotopic (exact) mass is 122 g/mol. The van der Waals surface area contributed by atoms with Crippen molar-refractivity contribution in [2.75, 3.05) is 6.61 Å². The van der Waals surface area contributed by atoms with Crippen molar-refractivity contribution in [1.29, 1.82) is 0 Å². The van der Waals surface area contributed by atoms with Crippen LogP contribution in [0.2, 0.25) is 0 Å². The number of alkyl halides is 1. The molecular weight excluding hydrogens is 115 g/mol.